The third kappa shape index (κ3) is 2.31. The smallest absolute Gasteiger partial charge is 0.372 e. The summed E-state index contributed by atoms with van der Waals surface area (Å²) < 4.78 is 6.07. The second-order valence-corrected chi connectivity index (χ2v) is 4.76. The molecule has 0 spiro atoms. The fraction of sp³-hybridized carbons (Fsp3) is 0.400. The molecule has 5 heteroatoms. The molecule has 1 aromatic carbocycles. The molecule has 0 N–H and O–H groups in total. The number of rotatable bonds is 4. The molecule has 1 aromatic heterocycles. The lowest BCUT2D eigenvalue weighted by atomic mass is 9.99. The summed E-state index contributed by atoms with van der Waals surface area (Å²) in [7, 11) is 0. The molecular weight excluding hydrogens is 258 g/mol. The zero-order chi connectivity index (χ0) is 14.9. The van der Waals surface area contributed by atoms with Gasteiger partial charge in [0, 0.05) is 18.5 Å². The molecule has 0 fully saturated rings. The van der Waals surface area contributed by atoms with Gasteiger partial charge in [0.2, 0.25) is 0 Å². The monoisotopic (exact) mass is 275 g/mol. The number of fused-ring (bicyclic) bond motifs is 1. The van der Waals surface area contributed by atoms with Crippen LogP contribution in [0.4, 0.5) is 0 Å². The van der Waals surface area contributed by atoms with Gasteiger partial charge in [-0.3, -0.25) is 9.36 Å². The topological polar surface area (TPSA) is 69.3 Å². The molecule has 0 aliphatic heterocycles. The predicted octanol–water partition coefficient (Wildman–Crippen LogP) is 2.27. The Hall–Kier alpha value is -2.17. The van der Waals surface area contributed by atoms with Crippen molar-refractivity contribution in [1.29, 1.82) is 0 Å². The molecule has 0 atom stereocenters. The summed E-state index contributed by atoms with van der Waals surface area (Å²) in [4.78, 5) is 35.5. The van der Waals surface area contributed by atoms with Crippen LogP contribution in [0.1, 0.15) is 42.6 Å². The maximum Gasteiger partial charge on any atom is 0.422 e. The zero-order valence-corrected chi connectivity index (χ0v) is 11.9. The number of benzene rings is 1. The van der Waals surface area contributed by atoms with E-state index in [0.29, 0.717) is 24.0 Å². The summed E-state index contributed by atoms with van der Waals surface area (Å²) in [5.74, 6) is -0.669. The minimum atomic E-state index is -0.694. The fourth-order valence-electron chi connectivity index (χ4n) is 2.33. The van der Waals surface area contributed by atoms with E-state index in [9.17, 15) is 14.4 Å². The number of hydrogen-bond donors (Lipinski definition) is 0. The van der Waals surface area contributed by atoms with Gasteiger partial charge < -0.3 is 4.42 Å². The van der Waals surface area contributed by atoms with E-state index in [1.165, 1.54) is 4.57 Å². The second kappa shape index (κ2) is 5.45. The highest BCUT2D eigenvalue weighted by atomic mass is 16.4. The normalized spacial score (nSPS) is 10.9. The standard InChI is InChI=1S/C15H17NO4/c1-4-6-13(17)10-8-11-12(7-9(10)3)16(5-2)15(19)20-14(11)18/h7-8H,4-6H2,1-3H3. The third-order valence-electron chi connectivity index (χ3n) is 3.35. The summed E-state index contributed by atoms with van der Waals surface area (Å²) in [6.45, 7) is 5.94. The number of nitrogens with zero attached hydrogens (tertiary/aromatic N) is 1. The average Bonchev–Trinajstić information content (AvgIpc) is 2.38. The van der Waals surface area contributed by atoms with Crippen LogP contribution in [0, 0.1) is 6.92 Å². The van der Waals surface area contributed by atoms with Crippen LogP contribution in [-0.2, 0) is 6.54 Å². The maximum absolute atomic E-state index is 12.0. The van der Waals surface area contributed by atoms with Gasteiger partial charge in [-0.2, -0.15) is 0 Å². The van der Waals surface area contributed by atoms with E-state index in [2.05, 4.69) is 4.42 Å². The van der Waals surface area contributed by atoms with Crippen molar-refractivity contribution in [3.8, 4) is 0 Å². The van der Waals surface area contributed by atoms with Gasteiger partial charge in [0.05, 0.1) is 10.9 Å². The van der Waals surface area contributed by atoms with Gasteiger partial charge in [-0.25, -0.2) is 9.59 Å². The molecule has 1 heterocycles. The van der Waals surface area contributed by atoms with Crippen molar-refractivity contribution >= 4 is 16.7 Å². The van der Waals surface area contributed by atoms with Gasteiger partial charge in [-0.15, -0.1) is 0 Å². The van der Waals surface area contributed by atoms with Crippen molar-refractivity contribution < 1.29 is 9.21 Å². The minimum Gasteiger partial charge on any atom is -0.372 e. The number of aromatic nitrogens is 1. The van der Waals surface area contributed by atoms with E-state index >= 15 is 0 Å². The van der Waals surface area contributed by atoms with E-state index in [-0.39, 0.29) is 11.2 Å². The molecule has 0 aliphatic carbocycles. The Morgan fingerprint density at radius 2 is 1.95 bits per heavy atom. The Labute approximate surface area is 115 Å². The molecule has 0 saturated heterocycles. The summed E-state index contributed by atoms with van der Waals surface area (Å²) in [5, 5.41) is 0.275. The highest BCUT2D eigenvalue weighted by molar-refractivity contribution is 6.00. The van der Waals surface area contributed by atoms with E-state index in [4.69, 9.17) is 0 Å². The van der Waals surface area contributed by atoms with Crippen LogP contribution in [0.15, 0.2) is 26.1 Å². The van der Waals surface area contributed by atoms with Gasteiger partial charge in [-0.1, -0.05) is 6.92 Å². The van der Waals surface area contributed by atoms with Gasteiger partial charge in [0.25, 0.3) is 0 Å². The quantitative estimate of drug-likeness (QED) is 0.803. The number of Topliss-reactive ketones (excluding diaryl/α,β-unsaturated/α-hetero) is 1. The lowest BCUT2D eigenvalue weighted by Crippen LogP contribution is -2.24. The molecule has 0 saturated carbocycles. The SMILES string of the molecule is CCCC(=O)c1cc2c(=O)oc(=O)n(CC)c2cc1C. The van der Waals surface area contributed by atoms with E-state index < -0.39 is 11.4 Å². The summed E-state index contributed by atoms with van der Waals surface area (Å²) >= 11 is 0. The van der Waals surface area contributed by atoms with Crippen LogP contribution >= 0.6 is 0 Å². The summed E-state index contributed by atoms with van der Waals surface area (Å²) in [5.41, 5.74) is 1.11. The van der Waals surface area contributed by atoms with Crippen molar-refractivity contribution in [3.63, 3.8) is 0 Å². The molecule has 2 aromatic rings. The van der Waals surface area contributed by atoms with Crippen molar-refractivity contribution in [3.05, 3.63) is 44.2 Å². The highest BCUT2D eigenvalue weighted by Gasteiger charge is 2.14. The van der Waals surface area contributed by atoms with Crippen molar-refractivity contribution in [2.24, 2.45) is 0 Å². The van der Waals surface area contributed by atoms with Crippen LogP contribution in [-0.4, -0.2) is 10.4 Å². The van der Waals surface area contributed by atoms with Crippen LogP contribution in [0.5, 0.6) is 0 Å². The van der Waals surface area contributed by atoms with Gasteiger partial charge in [0.1, 0.15) is 0 Å². The second-order valence-electron chi connectivity index (χ2n) is 4.76. The summed E-state index contributed by atoms with van der Waals surface area (Å²) in [6, 6.07) is 3.25. The molecule has 0 amide bonds. The number of hydrogen-bond acceptors (Lipinski definition) is 4. The lowest BCUT2D eigenvalue weighted by molar-refractivity contribution is 0.0981. The number of aryl methyl sites for hydroxylation is 2. The first-order valence-corrected chi connectivity index (χ1v) is 6.71. The third-order valence-corrected chi connectivity index (χ3v) is 3.35. The molecule has 20 heavy (non-hydrogen) atoms. The first-order valence-electron chi connectivity index (χ1n) is 6.71. The van der Waals surface area contributed by atoms with Crippen molar-refractivity contribution in [1.82, 2.24) is 4.57 Å². The van der Waals surface area contributed by atoms with Gasteiger partial charge >= 0.3 is 11.4 Å². The minimum absolute atomic E-state index is 0.000508. The fourth-order valence-corrected chi connectivity index (χ4v) is 2.33. The zero-order valence-electron chi connectivity index (χ0n) is 11.9. The largest absolute Gasteiger partial charge is 0.422 e. The number of carbonyl (C=O) groups excluding carboxylic acids is 1. The average molecular weight is 275 g/mol. The molecule has 5 nitrogen and oxygen atoms in total. The van der Waals surface area contributed by atoms with E-state index in [1.54, 1.807) is 26.0 Å². The molecular formula is C15H17NO4. The molecule has 0 radical (unpaired) electrons. The molecule has 0 aliphatic rings. The molecule has 106 valence electrons. The Bertz CT molecular complexity index is 783. The first kappa shape index (κ1) is 14.2. The Kier molecular flexibility index (Phi) is 3.88. The summed E-state index contributed by atoms with van der Waals surface area (Å²) in [6.07, 6.45) is 1.18. The highest BCUT2D eigenvalue weighted by Crippen LogP contribution is 2.18. The predicted molar refractivity (Wildman–Crippen MR) is 76.4 cm³/mol. The molecule has 0 bridgehead atoms. The Balaban J connectivity index is 2.81. The van der Waals surface area contributed by atoms with Crippen molar-refractivity contribution in [2.45, 2.75) is 40.2 Å². The van der Waals surface area contributed by atoms with Crippen LogP contribution in [0.3, 0.4) is 0 Å². The van der Waals surface area contributed by atoms with Crippen molar-refractivity contribution in [2.75, 3.05) is 0 Å². The Morgan fingerprint density at radius 1 is 1.25 bits per heavy atom. The molecule has 0 unspecified atom stereocenters. The lowest BCUT2D eigenvalue weighted by Gasteiger charge is -2.09. The van der Waals surface area contributed by atoms with Crippen LogP contribution in [0.2, 0.25) is 0 Å². The maximum atomic E-state index is 12.0. The number of carbonyl (C=O) groups is 1. The van der Waals surface area contributed by atoms with Gasteiger partial charge in [-0.05, 0) is 38.0 Å². The number of ketones is 1. The Morgan fingerprint density at radius 3 is 2.55 bits per heavy atom. The van der Waals surface area contributed by atoms with Crippen LogP contribution in [0.25, 0.3) is 10.9 Å². The van der Waals surface area contributed by atoms with Crippen LogP contribution < -0.4 is 11.4 Å². The van der Waals surface area contributed by atoms with E-state index in [1.807, 2.05) is 6.92 Å². The van der Waals surface area contributed by atoms with Gasteiger partial charge in [0.15, 0.2) is 5.78 Å². The van der Waals surface area contributed by atoms with E-state index in [0.717, 1.165) is 12.0 Å². The first-order chi connectivity index (χ1) is 9.49. The molecule has 2 rings (SSSR count).